The zero-order valence-electron chi connectivity index (χ0n) is 13.6. The molecule has 0 radical (unpaired) electrons. The highest BCUT2D eigenvalue weighted by molar-refractivity contribution is 7.13. The van der Waals surface area contributed by atoms with E-state index in [0.717, 1.165) is 36.5 Å². The number of esters is 1. The van der Waals surface area contributed by atoms with Crippen molar-refractivity contribution in [2.24, 2.45) is 5.92 Å². The Morgan fingerprint density at radius 1 is 1.33 bits per heavy atom. The van der Waals surface area contributed by atoms with E-state index in [1.807, 2.05) is 30.3 Å². The Morgan fingerprint density at radius 2 is 2.12 bits per heavy atom. The molecule has 1 aromatic heterocycles. The van der Waals surface area contributed by atoms with Crippen LogP contribution in [0.1, 0.15) is 30.3 Å². The molecule has 24 heavy (non-hydrogen) atoms. The van der Waals surface area contributed by atoms with Gasteiger partial charge >= 0.3 is 5.97 Å². The molecule has 5 nitrogen and oxygen atoms in total. The highest BCUT2D eigenvalue weighted by Crippen LogP contribution is 2.23. The molecule has 1 amide bonds. The molecule has 1 aliphatic heterocycles. The van der Waals surface area contributed by atoms with E-state index in [0.29, 0.717) is 5.92 Å². The molecule has 1 atom stereocenters. The quantitative estimate of drug-likeness (QED) is 0.799. The number of carbonyl (C=O) groups is 2. The molecule has 0 unspecified atom stereocenters. The van der Waals surface area contributed by atoms with Crippen molar-refractivity contribution < 1.29 is 14.3 Å². The molecule has 126 valence electrons. The van der Waals surface area contributed by atoms with Crippen molar-refractivity contribution in [3.63, 3.8) is 0 Å². The Bertz CT molecular complexity index is 714. The van der Waals surface area contributed by atoms with Crippen LogP contribution in [-0.2, 0) is 9.53 Å². The van der Waals surface area contributed by atoms with Gasteiger partial charge in [0.2, 0.25) is 0 Å². The Hall–Kier alpha value is -2.21. The molecule has 0 spiro atoms. The number of hydrogen-bond acceptors (Lipinski definition) is 5. The topological polar surface area (TPSA) is 59.5 Å². The van der Waals surface area contributed by atoms with Gasteiger partial charge in [0, 0.05) is 24.0 Å². The van der Waals surface area contributed by atoms with Gasteiger partial charge in [-0.1, -0.05) is 37.3 Å². The first-order valence-electron chi connectivity index (χ1n) is 8.09. The van der Waals surface area contributed by atoms with Gasteiger partial charge in [0.25, 0.3) is 5.91 Å². The van der Waals surface area contributed by atoms with Gasteiger partial charge in [0.15, 0.2) is 12.3 Å². The van der Waals surface area contributed by atoms with E-state index in [4.69, 9.17) is 4.74 Å². The summed E-state index contributed by atoms with van der Waals surface area (Å²) in [5, 5.41) is 2.43. The van der Waals surface area contributed by atoms with Crippen molar-refractivity contribution in [1.82, 2.24) is 9.88 Å². The third kappa shape index (κ3) is 4.00. The van der Waals surface area contributed by atoms with E-state index in [1.165, 1.54) is 11.3 Å². The first-order chi connectivity index (χ1) is 11.6. The number of likely N-dealkylation sites (tertiary alicyclic amines) is 1. The summed E-state index contributed by atoms with van der Waals surface area (Å²) in [5.74, 6) is -0.175. The lowest BCUT2D eigenvalue weighted by atomic mass is 10.0. The third-order valence-corrected chi connectivity index (χ3v) is 4.96. The molecule has 0 N–H and O–H groups in total. The minimum Gasteiger partial charge on any atom is -0.451 e. The summed E-state index contributed by atoms with van der Waals surface area (Å²) in [4.78, 5) is 30.3. The molecule has 6 heteroatoms. The van der Waals surface area contributed by atoms with Crippen molar-refractivity contribution in [1.29, 1.82) is 0 Å². The van der Waals surface area contributed by atoms with Crippen LogP contribution in [0.2, 0.25) is 0 Å². The van der Waals surface area contributed by atoms with Gasteiger partial charge in [-0.05, 0) is 18.8 Å². The molecule has 1 aliphatic rings. The predicted molar refractivity (Wildman–Crippen MR) is 92.8 cm³/mol. The van der Waals surface area contributed by atoms with E-state index < -0.39 is 5.97 Å². The van der Waals surface area contributed by atoms with Crippen LogP contribution in [0.25, 0.3) is 10.6 Å². The first-order valence-corrected chi connectivity index (χ1v) is 8.97. The average Bonchev–Trinajstić information content (AvgIpc) is 3.10. The number of ether oxygens (including phenoxy) is 1. The lowest BCUT2D eigenvalue weighted by Gasteiger charge is -2.30. The maximum absolute atomic E-state index is 12.1. The normalized spacial score (nSPS) is 17.5. The molecule has 2 aromatic rings. The van der Waals surface area contributed by atoms with Crippen LogP contribution in [0.4, 0.5) is 0 Å². The molecule has 2 heterocycles. The number of carbonyl (C=O) groups excluding carboxylic acids is 2. The molecule has 0 saturated carbocycles. The standard InChI is InChI=1S/C18H20N2O3S/c1-13-6-5-9-20(10-13)16(21)11-23-18(22)15-12-24-17(19-15)14-7-3-2-4-8-14/h2-4,7-8,12-13H,5-6,9-11H2,1H3/t13-/m1/s1. The smallest absolute Gasteiger partial charge is 0.358 e. The van der Waals surface area contributed by atoms with Crippen LogP contribution < -0.4 is 0 Å². The average molecular weight is 344 g/mol. The van der Waals surface area contributed by atoms with Crippen molar-refractivity contribution >= 4 is 23.2 Å². The van der Waals surface area contributed by atoms with Gasteiger partial charge in [0.1, 0.15) is 5.01 Å². The maximum Gasteiger partial charge on any atom is 0.358 e. The highest BCUT2D eigenvalue weighted by atomic mass is 32.1. The van der Waals surface area contributed by atoms with Crippen LogP contribution in [-0.4, -0.2) is 41.5 Å². The number of piperidine rings is 1. The van der Waals surface area contributed by atoms with Crippen LogP contribution in [0.3, 0.4) is 0 Å². The molecule has 1 aromatic carbocycles. The zero-order chi connectivity index (χ0) is 16.9. The molecule has 0 bridgehead atoms. The lowest BCUT2D eigenvalue weighted by Crippen LogP contribution is -2.41. The summed E-state index contributed by atoms with van der Waals surface area (Å²) in [6.07, 6.45) is 2.15. The van der Waals surface area contributed by atoms with Crippen LogP contribution in [0, 0.1) is 5.92 Å². The molecular weight excluding hydrogens is 324 g/mol. The monoisotopic (exact) mass is 344 g/mol. The second kappa shape index (κ2) is 7.57. The number of thiazole rings is 1. The van der Waals surface area contributed by atoms with Crippen molar-refractivity contribution in [2.75, 3.05) is 19.7 Å². The predicted octanol–water partition coefficient (Wildman–Crippen LogP) is 3.23. The van der Waals surface area contributed by atoms with Crippen LogP contribution >= 0.6 is 11.3 Å². The summed E-state index contributed by atoms with van der Waals surface area (Å²) >= 11 is 1.39. The highest BCUT2D eigenvalue weighted by Gasteiger charge is 2.22. The van der Waals surface area contributed by atoms with E-state index in [2.05, 4.69) is 11.9 Å². The Kier molecular flexibility index (Phi) is 5.25. The second-order valence-corrected chi connectivity index (χ2v) is 6.93. The summed E-state index contributed by atoms with van der Waals surface area (Å²) in [5.41, 5.74) is 1.21. The van der Waals surface area contributed by atoms with Crippen molar-refractivity contribution in [2.45, 2.75) is 19.8 Å². The molecule has 1 saturated heterocycles. The minimum atomic E-state index is -0.549. The largest absolute Gasteiger partial charge is 0.451 e. The number of amides is 1. The van der Waals surface area contributed by atoms with Gasteiger partial charge in [-0.2, -0.15) is 0 Å². The van der Waals surface area contributed by atoms with E-state index in [-0.39, 0.29) is 18.2 Å². The number of benzene rings is 1. The fourth-order valence-corrected chi connectivity index (χ4v) is 3.58. The number of rotatable bonds is 4. The lowest BCUT2D eigenvalue weighted by molar-refractivity contribution is -0.136. The van der Waals surface area contributed by atoms with Crippen molar-refractivity contribution in [3.8, 4) is 10.6 Å². The summed E-state index contributed by atoms with van der Waals surface area (Å²) in [7, 11) is 0. The number of aromatic nitrogens is 1. The third-order valence-electron chi connectivity index (χ3n) is 4.07. The molecule has 0 aliphatic carbocycles. The number of hydrogen-bond donors (Lipinski definition) is 0. The van der Waals surface area contributed by atoms with E-state index in [9.17, 15) is 9.59 Å². The van der Waals surface area contributed by atoms with Gasteiger partial charge in [0.05, 0.1) is 0 Å². The fraction of sp³-hybridized carbons (Fsp3) is 0.389. The van der Waals surface area contributed by atoms with E-state index >= 15 is 0 Å². The zero-order valence-corrected chi connectivity index (χ0v) is 14.4. The SMILES string of the molecule is C[C@@H]1CCCN(C(=O)COC(=O)c2csc(-c3ccccc3)n2)C1. The fourth-order valence-electron chi connectivity index (χ4n) is 2.79. The Balaban J connectivity index is 1.56. The van der Waals surface area contributed by atoms with E-state index in [1.54, 1.807) is 10.3 Å². The van der Waals surface area contributed by atoms with Crippen molar-refractivity contribution in [3.05, 3.63) is 41.4 Å². The first kappa shape index (κ1) is 16.6. The Morgan fingerprint density at radius 3 is 2.88 bits per heavy atom. The molecular formula is C18H20N2O3S. The second-order valence-electron chi connectivity index (χ2n) is 6.07. The number of nitrogens with zero attached hydrogens (tertiary/aromatic N) is 2. The van der Waals surface area contributed by atoms with Gasteiger partial charge in [-0.3, -0.25) is 4.79 Å². The van der Waals surface area contributed by atoms with Gasteiger partial charge in [-0.25, -0.2) is 9.78 Å². The maximum atomic E-state index is 12.1. The summed E-state index contributed by atoms with van der Waals surface area (Å²) < 4.78 is 5.14. The summed E-state index contributed by atoms with van der Waals surface area (Å²) in [6.45, 7) is 3.40. The summed E-state index contributed by atoms with van der Waals surface area (Å²) in [6, 6.07) is 9.66. The van der Waals surface area contributed by atoms with Gasteiger partial charge < -0.3 is 9.64 Å². The molecule has 1 fully saturated rings. The van der Waals surface area contributed by atoms with Crippen LogP contribution in [0.5, 0.6) is 0 Å². The van der Waals surface area contributed by atoms with Crippen LogP contribution in [0.15, 0.2) is 35.7 Å². The van der Waals surface area contributed by atoms with Gasteiger partial charge in [-0.15, -0.1) is 11.3 Å². The minimum absolute atomic E-state index is 0.131. The Labute approximate surface area is 145 Å². The molecule has 3 rings (SSSR count).